The van der Waals surface area contributed by atoms with E-state index in [-0.39, 0.29) is 5.75 Å². The molecule has 0 amide bonds. The molecule has 27 heavy (non-hydrogen) atoms. The minimum Gasteiger partial charge on any atom is -0.508 e. The van der Waals surface area contributed by atoms with Gasteiger partial charge < -0.3 is 9.84 Å². The van der Waals surface area contributed by atoms with Crippen molar-refractivity contribution in [1.82, 2.24) is 0 Å². The van der Waals surface area contributed by atoms with Crippen molar-refractivity contribution in [1.29, 1.82) is 0 Å². The molecule has 0 bridgehead atoms. The Morgan fingerprint density at radius 2 is 1.37 bits per heavy atom. The van der Waals surface area contributed by atoms with Crippen molar-refractivity contribution in [2.45, 2.75) is 5.60 Å². The molecule has 0 saturated heterocycles. The third kappa shape index (κ3) is 2.49. The van der Waals surface area contributed by atoms with Gasteiger partial charge in [-0.1, -0.05) is 72.8 Å². The molecule has 1 atom stereocenters. The first-order chi connectivity index (χ1) is 13.3. The molecule has 1 aliphatic heterocycles. The molecule has 0 saturated carbocycles. The van der Waals surface area contributed by atoms with Crippen LogP contribution in [0.15, 0.2) is 97.1 Å². The first-order valence-electron chi connectivity index (χ1n) is 9.01. The molecule has 5 rings (SSSR count). The zero-order valence-corrected chi connectivity index (χ0v) is 14.7. The van der Waals surface area contributed by atoms with E-state index in [1.54, 1.807) is 12.1 Å². The zero-order chi connectivity index (χ0) is 18.3. The summed E-state index contributed by atoms with van der Waals surface area (Å²) in [4.78, 5) is 0. The minimum absolute atomic E-state index is 0.244. The largest absolute Gasteiger partial charge is 0.508 e. The van der Waals surface area contributed by atoms with E-state index in [1.165, 1.54) is 10.8 Å². The van der Waals surface area contributed by atoms with Crippen molar-refractivity contribution in [3.8, 4) is 11.5 Å². The third-order valence-electron chi connectivity index (χ3n) is 5.19. The number of phenolic OH excluding ortho intramolecular Hbond substituents is 1. The Hall–Kier alpha value is -3.52. The van der Waals surface area contributed by atoms with Gasteiger partial charge in [0.15, 0.2) is 5.60 Å². The normalized spacial score (nSPS) is 18.1. The maximum absolute atomic E-state index is 9.73. The summed E-state index contributed by atoms with van der Waals surface area (Å²) in [5.41, 5.74) is 2.38. The molecular formula is C25H18O2. The van der Waals surface area contributed by atoms with Crippen LogP contribution in [0.25, 0.3) is 16.8 Å². The van der Waals surface area contributed by atoms with Crippen molar-refractivity contribution >= 4 is 16.8 Å². The molecular weight excluding hydrogens is 332 g/mol. The van der Waals surface area contributed by atoms with Crippen LogP contribution >= 0.6 is 0 Å². The Morgan fingerprint density at radius 3 is 2.19 bits per heavy atom. The number of rotatable bonds is 2. The van der Waals surface area contributed by atoms with Gasteiger partial charge in [-0.3, -0.25) is 0 Å². The van der Waals surface area contributed by atoms with Gasteiger partial charge in [-0.15, -0.1) is 0 Å². The van der Waals surface area contributed by atoms with Crippen molar-refractivity contribution in [2.75, 3.05) is 0 Å². The topological polar surface area (TPSA) is 29.5 Å². The molecule has 0 spiro atoms. The Balaban J connectivity index is 1.74. The highest BCUT2D eigenvalue weighted by Crippen LogP contribution is 2.44. The number of hydrogen-bond donors (Lipinski definition) is 1. The second kappa shape index (κ2) is 6.03. The van der Waals surface area contributed by atoms with Gasteiger partial charge in [-0.2, -0.15) is 0 Å². The molecule has 0 aromatic heterocycles. The maximum Gasteiger partial charge on any atom is 0.178 e. The van der Waals surface area contributed by atoms with E-state index in [4.69, 9.17) is 4.74 Å². The fraction of sp³-hybridized carbons (Fsp3) is 0.0400. The molecule has 0 fully saturated rings. The number of fused-ring (bicyclic) bond motifs is 3. The lowest BCUT2D eigenvalue weighted by Gasteiger charge is -2.36. The third-order valence-corrected chi connectivity index (χ3v) is 5.19. The van der Waals surface area contributed by atoms with Crippen molar-refractivity contribution in [3.05, 3.63) is 114 Å². The average molecular weight is 350 g/mol. The van der Waals surface area contributed by atoms with Crippen molar-refractivity contribution in [3.63, 3.8) is 0 Å². The number of ether oxygens (including phenoxy) is 1. The first kappa shape index (κ1) is 15.7. The van der Waals surface area contributed by atoms with Crippen molar-refractivity contribution in [2.24, 2.45) is 0 Å². The van der Waals surface area contributed by atoms with Gasteiger partial charge in [0.25, 0.3) is 0 Å². The van der Waals surface area contributed by atoms with Crippen LogP contribution in [0.2, 0.25) is 0 Å². The molecule has 1 N–H and O–H groups in total. The van der Waals surface area contributed by atoms with Crippen LogP contribution in [0.5, 0.6) is 11.5 Å². The van der Waals surface area contributed by atoms with E-state index in [1.807, 2.05) is 42.5 Å². The van der Waals surface area contributed by atoms with Gasteiger partial charge in [0.2, 0.25) is 0 Å². The van der Waals surface area contributed by atoms with Gasteiger partial charge in [0.1, 0.15) is 11.5 Å². The fourth-order valence-electron chi connectivity index (χ4n) is 3.82. The van der Waals surface area contributed by atoms with Crippen LogP contribution in [-0.2, 0) is 5.60 Å². The quantitative estimate of drug-likeness (QED) is 0.488. The molecule has 2 heteroatoms. The second-order valence-electron chi connectivity index (χ2n) is 6.78. The lowest BCUT2D eigenvalue weighted by molar-refractivity contribution is 0.161. The van der Waals surface area contributed by atoms with Crippen LogP contribution in [0, 0.1) is 0 Å². The summed E-state index contributed by atoms with van der Waals surface area (Å²) in [5.74, 6) is 1.10. The first-order valence-corrected chi connectivity index (χ1v) is 9.01. The lowest BCUT2D eigenvalue weighted by Crippen LogP contribution is -2.34. The molecule has 1 heterocycles. The summed E-state index contributed by atoms with van der Waals surface area (Å²) in [7, 11) is 0. The van der Waals surface area contributed by atoms with Crippen LogP contribution < -0.4 is 4.74 Å². The minimum atomic E-state index is -0.732. The molecule has 0 aliphatic carbocycles. The highest BCUT2D eigenvalue weighted by molar-refractivity contribution is 5.94. The van der Waals surface area contributed by atoms with Crippen LogP contribution in [0.4, 0.5) is 0 Å². The molecule has 1 aliphatic rings. The second-order valence-corrected chi connectivity index (χ2v) is 6.78. The monoisotopic (exact) mass is 350 g/mol. The van der Waals surface area contributed by atoms with Gasteiger partial charge >= 0.3 is 0 Å². The van der Waals surface area contributed by atoms with E-state index < -0.39 is 5.60 Å². The summed E-state index contributed by atoms with van der Waals surface area (Å²) >= 11 is 0. The Labute approximate surface area is 158 Å². The van der Waals surface area contributed by atoms with Gasteiger partial charge in [0, 0.05) is 16.7 Å². The summed E-state index contributed by atoms with van der Waals surface area (Å²) in [6.07, 6.45) is 4.27. The van der Waals surface area contributed by atoms with Crippen LogP contribution in [-0.4, -0.2) is 5.11 Å². The molecule has 130 valence electrons. The molecule has 2 nitrogen and oxygen atoms in total. The van der Waals surface area contributed by atoms with Gasteiger partial charge in [0.05, 0.1) is 0 Å². The van der Waals surface area contributed by atoms with Crippen molar-refractivity contribution < 1.29 is 9.84 Å². The van der Waals surface area contributed by atoms with Gasteiger partial charge in [-0.05, 0) is 41.1 Å². The number of hydrogen-bond acceptors (Lipinski definition) is 2. The average Bonchev–Trinajstić information content (AvgIpc) is 2.74. The molecule has 0 unspecified atom stereocenters. The fourth-order valence-corrected chi connectivity index (χ4v) is 3.82. The number of aromatic hydroxyl groups is 1. The Bertz CT molecular complexity index is 1140. The zero-order valence-electron chi connectivity index (χ0n) is 14.7. The van der Waals surface area contributed by atoms with Crippen LogP contribution in [0.3, 0.4) is 0 Å². The number of phenols is 1. The maximum atomic E-state index is 9.73. The molecule has 0 radical (unpaired) electrons. The summed E-state index contributed by atoms with van der Waals surface area (Å²) < 4.78 is 6.67. The Morgan fingerprint density at radius 1 is 0.667 bits per heavy atom. The Kier molecular flexibility index (Phi) is 3.51. The van der Waals surface area contributed by atoms with E-state index in [0.717, 1.165) is 22.4 Å². The van der Waals surface area contributed by atoms with E-state index in [9.17, 15) is 5.11 Å². The molecule has 4 aromatic rings. The smallest absolute Gasteiger partial charge is 0.178 e. The van der Waals surface area contributed by atoms with Gasteiger partial charge in [-0.25, -0.2) is 0 Å². The summed E-state index contributed by atoms with van der Waals surface area (Å²) in [5, 5.41) is 12.1. The standard InChI is InChI=1S/C25H18O2/c26-21-13-11-20(12-14-21)25(19-7-2-1-3-8-19)17-16-23-22-9-5-4-6-18(22)10-15-24(23)27-25/h1-17,26H/t25-/m0/s1. The lowest BCUT2D eigenvalue weighted by atomic mass is 9.83. The van der Waals surface area contributed by atoms with E-state index in [2.05, 4.69) is 48.6 Å². The summed E-state index contributed by atoms with van der Waals surface area (Å²) in [6, 6.07) is 29.9. The van der Waals surface area contributed by atoms with E-state index in [0.29, 0.717) is 0 Å². The predicted molar refractivity (Wildman–Crippen MR) is 109 cm³/mol. The highest BCUT2D eigenvalue weighted by atomic mass is 16.5. The SMILES string of the molecule is Oc1ccc([C@@]2(c3ccccc3)C=Cc3c(ccc4ccccc34)O2)cc1. The molecule has 4 aromatic carbocycles. The highest BCUT2D eigenvalue weighted by Gasteiger charge is 2.37. The number of benzene rings is 4. The summed E-state index contributed by atoms with van der Waals surface area (Å²) in [6.45, 7) is 0. The van der Waals surface area contributed by atoms with Crippen LogP contribution in [0.1, 0.15) is 16.7 Å². The predicted octanol–water partition coefficient (Wildman–Crippen LogP) is 5.89. The van der Waals surface area contributed by atoms with E-state index >= 15 is 0 Å².